The first-order chi connectivity index (χ1) is 15.0. The zero-order chi connectivity index (χ0) is 23.3. The second-order valence-corrected chi connectivity index (χ2v) is 14.8. The molecule has 166 valence electrons. The summed E-state index contributed by atoms with van der Waals surface area (Å²) in [6, 6.07) is 11.9. The maximum absolute atomic E-state index is 13.6. The Kier molecular flexibility index (Phi) is 5.55. The van der Waals surface area contributed by atoms with Crippen molar-refractivity contribution >= 4 is 30.0 Å². The molecule has 0 bridgehead atoms. The third-order valence-electron chi connectivity index (χ3n) is 6.69. The Morgan fingerprint density at radius 3 is 2.38 bits per heavy atom. The average Bonchev–Trinajstić information content (AvgIpc) is 3.11. The smallest absolute Gasteiger partial charge is 0.195 e. The van der Waals surface area contributed by atoms with Gasteiger partial charge in [0.05, 0.1) is 17.8 Å². The fourth-order valence-electron chi connectivity index (χ4n) is 3.69. The van der Waals surface area contributed by atoms with Crippen molar-refractivity contribution in [2.24, 2.45) is 7.05 Å². The van der Waals surface area contributed by atoms with Crippen molar-refractivity contribution in [3.63, 3.8) is 0 Å². The molecule has 4 rings (SSSR count). The van der Waals surface area contributed by atoms with Crippen LogP contribution in [0.4, 0.5) is 0 Å². The number of hydrogen-bond acceptors (Lipinski definition) is 4. The highest BCUT2D eigenvalue weighted by Crippen LogP contribution is 2.39. The third kappa shape index (κ3) is 4.12. The standard InChI is InChI=1S/C26H31N3O2Si/c1-17(31-32(6,7)26(2,3)4)19-9-8-18-10-11-24-23(25(30)22(18)12-19)13-20(14-27-24)21-15-28-29(5)16-21/h8-17H,1-7H3. The van der Waals surface area contributed by atoms with Crippen LogP contribution in [0.3, 0.4) is 0 Å². The van der Waals surface area contributed by atoms with Crippen molar-refractivity contribution in [1.82, 2.24) is 14.8 Å². The Morgan fingerprint density at radius 2 is 1.72 bits per heavy atom. The number of fused-ring (bicyclic) bond motifs is 2. The maximum Gasteiger partial charge on any atom is 0.195 e. The summed E-state index contributed by atoms with van der Waals surface area (Å²) in [5.74, 6) is 0. The minimum absolute atomic E-state index is 0.0142. The first-order valence-corrected chi connectivity index (χ1v) is 13.9. The van der Waals surface area contributed by atoms with Gasteiger partial charge in [-0.1, -0.05) is 39.0 Å². The van der Waals surface area contributed by atoms with Crippen molar-refractivity contribution in [2.45, 2.75) is 51.9 Å². The topological polar surface area (TPSA) is 57.0 Å². The Labute approximate surface area is 190 Å². The van der Waals surface area contributed by atoms with Gasteiger partial charge in [-0.25, -0.2) is 0 Å². The molecule has 2 aromatic carbocycles. The highest BCUT2D eigenvalue weighted by atomic mass is 28.4. The normalized spacial score (nSPS) is 13.6. The van der Waals surface area contributed by atoms with Gasteiger partial charge in [0, 0.05) is 41.3 Å². The van der Waals surface area contributed by atoms with Crippen molar-refractivity contribution in [1.29, 1.82) is 0 Å². The van der Waals surface area contributed by atoms with Gasteiger partial charge in [-0.05, 0) is 54.2 Å². The van der Waals surface area contributed by atoms with E-state index in [2.05, 4.69) is 56.9 Å². The minimum atomic E-state index is -1.93. The second kappa shape index (κ2) is 7.94. The van der Waals surface area contributed by atoms with E-state index in [0.717, 1.165) is 22.1 Å². The molecule has 0 radical (unpaired) electrons. The molecule has 6 heteroatoms. The van der Waals surface area contributed by atoms with E-state index in [4.69, 9.17) is 4.43 Å². The predicted octanol–water partition coefficient (Wildman–Crippen LogP) is 6.23. The summed E-state index contributed by atoms with van der Waals surface area (Å²) in [5, 5.41) is 6.56. The highest BCUT2D eigenvalue weighted by molar-refractivity contribution is 6.74. The molecule has 32 heavy (non-hydrogen) atoms. The van der Waals surface area contributed by atoms with E-state index >= 15 is 0 Å². The van der Waals surface area contributed by atoms with E-state index in [1.54, 1.807) is 17.1 Å². The minimum Gasteiger partial charge on any atom is -0.410 e. The lowest BCUT2D eigenvalue weighted by atomic mass is 10.0. The van der Waals surface area contributed by atoms with Gasteiger partial charge in [-0.2, -0.15) is 5.10 Å². The zero-order valence-corrected chi connectivity index (χ0v) is 20.9. The fraction of sp³-hybridized carbons (Fsp3) is 0.346. The molecule has 0 saturated heterocycles. The number of hydrogen-bond donors (Lipinski definition) is 0. The Morgan fingerprint density at radius 1 is 1.00 bits per heavy atom. The third-order valence-corrected chi connectivity index (χ3v) is 11.2. The quantitative estimate of drug-likeness (QED) is 0.349. The fourth-order valence-corrected chi connectivity index (χ4v) is 5.06. The molecule has 5 nitrogen and oxygen atoms in total. The Balaban J connectivity index is 1.83. The molecule has 0 aliphatic carbocycles. The number of pyridine rings is 1. The Bertz CT molecular complexity index is 1370. The average molecular weight is 446 g/mol. The number of aromatic nitrogens is 3. The molecule has 0 aliphatic rings. The highest BCUT2D eigenvalue weighted by Gasteiger charge is 2.38. The summed E-state index contributed by atoms with van der Waals surface area (Å²) in [6.45, 7) is 13.3. The lowest BCUT2D eigenvalue weighted by Crippen LogP contribution is -2.41. The van der Waals surface area contributed by atoms with E-state index in [-0.39, 0.29) is 16.6 Å². The Hall–Kier alpha value is -2.83. The summed E-state index contributed by atoms with van der Waals surface area (Å²) in [7, 11) is -0.0566. The molecule has 0 aliphatic heterocycles. The monoisotopic (exact) mass is 445 g/mol. The molecule has 2 aromatic heterocycles. The molecule has 0 fully saturated rings. The largest absolute Gasteiger partial charge is 0.410 e. The van der Waals surface area contributed by atoms with Crippen LogP contribution in [0.5, 0.6) is 0 Å². The molecule has 0 saturated carbocycles. The van der Waals surface area contributed by atoms with Gasteiger partial charge >= 0.3 is 0 Å². The number of benzene rings is 1. The molecular formula is C26H31N3O2Si. The molecule has 4 aromatic rings. The van der Waals surface area contributed by atoms with Crippen LogP contribution in [-0.4, -0.2) is 23.1 Å². The van der Waals surface area contributed by atoms with E-state index in [9.17, 15) is 4.79 Å². The first-order valence-electron chi connectivity index (χ1n) is 11.0. The second-order valence-electron chi connectivity index (χ2n) is 10.1. The lowest BCUT2D eigenvalue weighted by molar-refractivity contribution is 0.203. The van der Waals surface area contributed by atoms with Crippen molar-refractivity contribution in [2.75, 3.05) is 0 Å². The maximum atomic E-state index is 13.6. The van der Waals surface area contributed by atoms with Crippen LogP contribution in [-0.2, 0) is 11.5 Å². The molecule has 1 unspecified atom stereocenters. The number of aryl methyl sites for hydroxylation is 1. The van der Waals surface area contributed by atoms with Crippen LogP contribution < -0.4 is 5.43 Å². The van der Waals surface area contributed by atoms with Gasteiger partial charge in [0.2, 0.25) is 0 Å². The van der Waals surface area contributed by atoms with Gasteiger partial charge in [-0.15, -0.1) is 0 Å². The van der Waals surface area contributed by atoms with Crippen molar-refractivity contribution in [3.8, 4) is 11.1 Å². The molecule has 1 atom stereocenters. The lowest BCUT2D eigenvalue weighted by Gasteiger charge is -2.38. The van der Waals surface area contributed by atoms with Gasteiger partial charge in [0.25, 0.3) is 0 Å². The predicted molar refractivity (Wildman–Crippen MR) is 134 cm³/mol. The van der Waals surface area contributed by atoms with Gasteiger partial charge in [0.1, 0.15) is 0 Å². The van der Waals surface area contributed by atoms with Gasteiger partial charge in [-0.3, -0.25) is 14.5 Å². The van der Waals surface area contributed by atoms with Crippen LogP contribution in [0.1, 0.15) is 39.4 Å². The van der Waals surface area contributed by atoms with E-state index in [0.29, 0.717) is 16.3 Å². The van der Waals surface area contributed by atoms with E-state index in [1.807, 2.05) is 43.6 Å². The van der Waals surface area contributed by atoms with Crippen LogP contribution in [0.25, 0.3) is 32.8 Å². The first kappa shape index (κ1) is 22.4. The molecule has 2 heterocycles. The summed E-state index contributed by atoms with van der Waals surface area (Å²) >= 11 is 0. The number of nitrogens with zero attached hydrogens (tertiary/aromatic N) is 3. The van der Waals surface area contributed by atoms with Gasteiger partial charge in [0.15, 0.2) is 13.7 Å². The zero-order valence-electron chi connectivity index (χ0n) is 19.9. The van der Waals surface area contributed by atoms with Crippen LogP contribution >= 0.6 is 0 Å². The summed E-state index contributed by atoms with van der Waals surface area (Å²) in [5.41, 5.74) is 3.52. The summed E-state index contributed by atoms with van der Waals surface area (Å²) in [6.07, 6.45) is 5.42. The summed E-state index contributed by atoms with van der Waals surface area (Å²) in [4.78, 5) is 18.2. The van der Waals surface area contributed by atoms with Crippen LogP contribution in [0, 0.1) is 0 Å². The number of rotatable bonds is 4. The van der Waals surface area contributed by atoms with Crippen molar-refractivity contribution < 1.29 is 4.43 Å². The van der Waals surface area contributed by atoms with Gasteiger partial charge < -0.3 is 4.43 Å². The van der Waals surface area contributed by atoms with Crippen molar-refractivity contribution in [3.05, 3.63) is 70.8 Å². The molecular weight excluding hydrogens is 414 g/mol. The van der Waals surface area contributed by atoms with Crippen LogP contribution in [0.15, 0.2) is 59.8 Å². The molecule has 0 spiro atoms. The van der Waals surface area contributed by atoms with E-state index in [1.165, 1.54) is 0 Å². The van der Waals surface area contributed by atoms with E-state index < -0.39 is 8.32 Å². The molecule has 0 amide bonds. The SMILES string of the molecule is CC(O[Si](C)(C)C(C)(C)C)c1ccc2ccc3ncc(-c4cnn(C)c4)cc3c(=O)c2c1. The van der Waals surface area contributed by atoms with Crippen LogP contribution in [0.2, 0.25) is 18.1 Å². The molecule has 0 N–H and O–H groups in total. The summed E-state index contributed by atoms with van der Waals surface area (Å²) < 4.78 is 8.33.